The molecule has 1 amide bonds. The van der Waals surface area contributed by atoms with Crippen molar-refractivity contribution in [2.45, 2.75) is 38.0 Å². The molecule has 1 atom stereocenters. The number of hydrogen-bond donors (Lipinski definition) is 1. The lowest BCUT2D eigenvalue weighted by molar-refractivity contribution is 0.0948. The second-order valence-corrected chi connectivity index (χ2v) is 8.61. The molecule has 0 aliphatic carbocycles. The Kier molecular flexibility index (Phi) is 5.33. The van der Waals surface area contributed by atoms with Crippen molar-refractivity contribution < 1.29 is 4.79 Å². The first-order valence-electron chi connectivity index (χ1n) is 8.64. The van der Waals surface area contributed by atoms with E-state index >= 15 is 0 Å². The van der Waals surface area contributed by atoms with Gasteiger partial charge in [0.05, 0.1) is 6.54 Å². The summed E-state index contributed by atoms with van der Waals surface area (Å²) in [6.07, 6.45) is 4.02. The molecular weight excluding hydrogens is 332 g/mol. The summed E-state index contributed by atoms with van der Waals surface area (Å²) in [5.41, 5.74) is 2.17. The third-order valence-corrected chi connectivity index (χ3v) is 6.16. The molecule has 1 aliphatic heterocycles. The molecule has 2 aromatic rings. The zero-order chi connectivity index (χ0) is 17.9. The number of nitrogens with zero attached hydrogens (tertiary/aromatic N) is 1. The van der Waals surface area contributed by atoms with Crippen molar-refractivity contribution >= 4 is 17.7 Å². The van der Waals surface area contributed by atoms with Crippen LogP contribution in [-0.4, -0.2) is 27.5 Å². The van der Waals surface area contributed by atoms with E-state index in [1.807, 2.05) is 36.9 Å². The lowest BCUT2D eigenvalue weighted by Crippen LogP contribution is -2.39. The van der Waals surface area contributed by atoms with Gasteiger partial charge in [0.1, 0.15) is 5.56 Å². The van der Waals surface area contributed by atoms with Crippen molar-refractivity contribution in [2.24, 2.45) is 0 Å². The number of amides is 1. The van der Waals surface area contributed by atoms with Crippen LogP contribution in [0.4, 0.5) is 0 Å². The fourth-order valence-electron chi connectivity index (χ4n) is 3.18. The summed E-state index contributed by atoms with van der Waals surface area (Å²) in [5.74, 6) is 0.860. The van der Waals surface area contributed by atoms with Gasteiger partial charge in [0, 0.05) is 17.5 Å². The zero-order valence-corrected chi connectivity index (χ0v) is 15.6. The van der Waals surface area contributed by atoms with E-state index in [-0.39, 0.29) is 21.8 Å². The number of pyridine rings is 1. The van der Waals surface area contributed by atoms with Gasteiger partial charge in [-0.2, -0.15) is 11.8 Å². The molecule has 0 bridgehead atoms. The highest BCUT2D eigenvalue weighted by molar-refractivity contribution is 8.00. The van der Waals surface area contributed by atoms with E-state index < -0.39 is 0 Å². The summed E-state index contributed by atoms with van der Waals surface area (Å²) in [7, 11) is 0. The van der Waals surface area contributed by atoms with E-state index in [9.17, 15) is 9.59 Å². The van der Waals surface area contributed by atoms with Crippen molar-refractivity contribution in [2.75, 3.05) is 12.3 Å². The van der Waals surface area contributed by atoms with Gasteiger partial charge < -0.3 is 9.88 Å². The van der Waals surface area contributed by atoms with Gasteiger partial charge in [0.15, 0.2) is 0 Å². The highest BCUT2D eigenvalue weighted by Gasteiger charge is 2.30. The molecule has 1 fully saturated rings. The first-order valence-corrected chi connectivity index (χ1v) is 9.63. The summed E-state index contributed by atoms with van der Waals surface area (Å²) in [6, 6.07) is 11.4. The van der Waals surface area contributed by atoms with Gasteiger partial charge in [0.2, 0.25) is 0 Å². The molecule has 0 saturated carbocycles. The van der Waals surface area contributed by atoms with Crippen molar-refractivity contribution in [3.8, 4) is 0 Å². The monoisotopic (exact) mass is 356 g/mol. The van der Waals surface area contributed by atoms with E-state index in [0.29, 0.717) is 13.1 Å². The van der Waals surface area contributed by atoms with Crippen LogP contribution < -0.4 is 10.9 Å². The van der Waals surface area contributed by atoms with Crippen molar-refractivity contribution in [1.29, 1.82) is 0 Å². The highest BCUT2D eigenvalue weighted by atomic mass is 32.2. The Morgan fingerprint density at radius 1 is 1.32 bits per heavy atom. The molecule has 5 heteroatoms. The van der Waals surface area contributed by atoms with Gasteiger partial charge in [-0.1, -0.05) is 29.8 Å². The molecule has 2 heterocycles. The van der Waals surface area contributed by atoms with Crippen LogP contribution in [0, 0.1) is 6.92 Å². The number of hydrogen-bond acceptors (Lipinski definition) is 3. The van der Waals surface area contributed by atoms with Crippen LogP contribution in [0.15, 0.2) is 47.4 Å². The fraction of sp³-hybridized carbons (Fsp3) is 0.400. The minimum atomic E-state index is -0.280. The molecule has 4 nitrogen and oxygen atoms in total. The van der Waals surface area contributed by atoms with E-state index in [2.05, 4.69) is 18.3 Å². The summed E-state index contributed by atoms with van der Waals surface area (Å²) >= 11 is 1.89. The smallest absolute Gasteiger partial charge is 0.263 e. The van der Waals surface area contributed by atoms with Crippen molar-refractivity contribution in [3.63, 3.8) is 0 Å². The second kappa shape index (κ2) is 7.48. The topological polar surface area (TPSA) is 51.1 Å². The van der Waals surface area contributed by atoms with Crippen LogP contribution in [0.3, 0.4) is 0 Å². The Balaban J connectivity index is 1.74. The minimum absolute atomic E-state index is 0.0883. The van der Waals surface area contributed by atoms with E-state index in [0.717, 1.165) is 23.3 Å². The number of carbonyl (C=O) groups is 1. The van der Waals surface area contributed by atoms with E-state index in [1.54, 1.807) is 22.9 Å². The van der Waals surface area contributed by atoms with Crippen LogP contribution in [-0.2, 0) is 6.54 Å². The lowest BCUT2D eigenvalue weighted by atomic mass is 10.1. The third kappa shape index (κ3) is 4.34. The first-order chi connectivity index (χ1) is 12.0. The molecule has 1 aliphatic rings. The highest BCUT2D eigenvalue weighted by Crippen LogP contribution is 2.36. The molecule has 1 saturated heterocycles. The van der Waals surface area contributed by atoms with Crippen LogP contribution in [0.1, 0.15) is 41.3 Å². The third-order valence-electron chi connectivity index (χ3n) is 4.62. The number of benzene rings is 1. The number of nitrogens with one attached hydrogen (secondary N) is 1. The molecule has 25 heavy (non-hydrogen) atoms. The largest absolute Gasteiger partial charge is 0.350 e. The van der Waals surface area contributed by atoms with Crippen LogP contribution in [0.2, 0.25) is 0 Å². The minimum Gasteiger partial charge on any atom is -0.350 e. The molecular formula is C20H24N2O2S. The molecule has 132 valence electrons. The van der Waals surface area contributed by atoms with Gasteiger partial charge in [-0.05, 0) is 50.1 Å². The maximum absolute atomic E-state index is 12.7. The van der Waals surface area contributed by atoms with Gasteiger partial charge >= 0.3 is 0 Å². The van der Waals surface area contributed by atoms with Crippen LogP contribution in [0.25, 0.3) is 0 Å². The SMILES string of the molecule is Cc1cccc(Cn2cccc(C(=O)NC[C@@]3(C)CCCS3)c2=O)c1. The fourth-order valence-corrected chi connectivity index (χ4v) is 4.42. The van der Waals surface area contributed by atoms with Crippen molar-refractivity contribution in [3.05, 3.63) is 69.6 Å². The van der Waals surface area contributed by atoms with Gasteiger partial charge in [-0.25, -0.2) is 0 Å². The Morgan fingerprint density at radius 3 is 2.88 bits per heavy atom. The molecule has 0 unspecified atom stereocenters. The summed E-state index contributed by atoms with van der Waals surface area (Å²) in [5, 5.41) is 2.95. The first kappa shape index (κ1) is 17.8. The quantitative estimate of drug-likeness (QED) is 0.895. The zero-order valence-electron chi connectivity index (χ0n) is 14.7. The Hall–Kier alpha value is -2.01. The van der Waals surface area contributed by atoms with E-state index in [1.165, 1.54) is 6.42 Å². The van der Waals surface area contributed by atoms with Crippen LogP contribution in [0.5, 0.6) is 0 Å². The average molecular weight is 356 g/mol. The van der Waals surface area contributed by atoms with Crippen molar-refractivity contribution in [1.82, 2.24) is 9.88 Å². The maximum Gasteiger partial charge on any atom is 0.263 e. The molecule has 1 N–H and O–H groups in total. The van der Waals surface area contributed by atoms with Gasteiger partial charge in [0.25, 0.3) is 11.5 Å². The summed E-state index contributed by atoms with van der Waals surface area (Å²) < 4.78 is 1.68. The Labute approximate surface area is 152 Å². The summed E-state index contributed by atoms with van der Waals surface area (Å²) in [6.45, 7) is 5.27. The van der Waals surface area contributed by atoms with Gasteiger partial charge in [-0.15, -0.1) is 0 Å². The Bertz CT molecular complexity index is 822. The molecule has 3 rings (SSSR count). The van der Waals surface area contributed by atoms with E-state index in [4.69, 9.17) is 0 Å². The standard InChI is InChI=1S/C20H24N2O2S/c1-15-6-3-7-16(12-15)13-22-10-4-8-17(19(22)24)18(23)21-14-20(2)9-5-11-25-20/h3-4,6-8,10,12H,5,9,11,13-14H2,1-2H3,(H,21,23)/t20-/m1/s1. The molecule has 1 aromatic carbocycles. The second-order valence-electron chi connectivity index (χ2n) is 6.93. The molecule has 0 radical (unpaired) electrons. The normalized spacial score (nSPS) is 19.8. The number of rotatable bonds is 5. The van der Waals surface area contributed by atoms with Crippen LogP contribution >= 0.6 is 11.8 Å². The summed E-state index contributed by atoms with van der Waals surface area (Å²) in [4.78, 5) is 25.2. The lowest BCUT2D eigenvalue weighted by Gasteiger charge is -2.22. The number of aryl methyl sites for hydroxylation is 1. The Morgan fingerprint density at radius 2 is 2.16 bits per heavy atom. The number of carbonyl (C=O) groups excluding carboxylic acids is 1. The molecule has 0 spiro atoms. The maximum atomic E-state index is 12.7. The number of thioether (sulfide) groups is 1. The average Bonchev–Trinajstić information content (AvgIpc) is 3.02. The molecule has 1 aromatic heterocycles. The van der Waals surface area contributed by atoms with Gasteiger partial charge in [-0.3, -0.25) is 9.59 Å². The predicted molar refractivity (Wildman–Crippen MR) is 103 cm³/mol. The predicted octanol–water partition coefficient (Wildman–Crippen LogP) is 3.22. The number of aromatic nitrogens is 1.